The molecular weight excluding hydrogens is 340 g/mol. The quantitative estimate of drug-likeness (QED) is 0.703. The molecule has 6 heteroatoms. The topological polar surface area (TPSA) is 76.1 Å². The van der Waals surface area contributed by atoms with E-state index in [2.05, 4.69) is 20.6 Å². The lowest BCUT2D eigenvalue weighted by Gasteiger charge is -2.12. The van der Waals surface area contributed by atoms with Crippen LogP contribution in [-0.2, 0) is 0 Å². The number of anilines is 3. The van der Waals surface area contributed by atoms with Crippen LogP contribution >= 0.6 is 0 Å². The molecule has 6 nitrogen and oxygen atoms in total. The number of nitrogens with zero attached hydrogens (tertiary/aromatic N) is 2. The second-order valence-electron chi connectivity index (χ2n) is 6.26. The zero-order valence-corrected chi connectivity index (χ0v) is 15.8. The number of ether oxygens (including phenoxy) is 1. The SMILES string of the molecule is COc1ccccc1Nc1cc(C(=O)Nc2ccc(C)c(C)c2)nc(C)n1. The van der Waals surface area contributed by atoms with Crippen molar-refractivity contribution in [3.8, 4) is 5.75 Å². The number of hydrogen-bond acceptors (Lipinski definition) is 5. The van der Waals surface area contributed by atoms with Gasteiger partial charge in [-0.15, -0.1) is 0 Å². The highest BCUT2D eigenvalue weighted by Gasteiger charge is 2.12. The standard InChI is InChI=1S/C21H22N4O2/c1-13-9-10-16(11-14(13)2)24-21(26)18-12-20(23-15(3)22-18)25-17-7-5-6-8-19(17)27-4/h5-12H,1-4H3,(H,24,26)(H,22,23,25). The van der Waals surface area contributed by atoms with Gasteiger partial charge in [-0.2, -0.15) is 0 Å². The van der Waals surface area contributed by atoms with Crippen molar-refractivity contribution >= 4 is 23.1 Å². The van der Waals surface area contributed by atoms with Crippen molar-refractivity contribution in [1.82, 2.24) is 9.97 Å². The molecule has 0 bridgehead atoms. The number of amides is 1. The van der Waals surface area contributed by atoms with Gasteiger partial charge in [-0.05, 0) is 56.2 Å². The predicted molar refractivity (Wildman–Crippen MR) is 107 cm³/mol. The van der Waals surface area contributed by atoms with Crippen LogP contribution < -0.4 is 15.4 Å². The molecule has 3 rings (SSSR count). The molecule has 27 heavy (non-hydrogen) atoms. The molecule has 0 aliphatic rings. The van der Waals surface area contributed by atoms with E-state index in [4.69, 9.17) is 4.74 Å². The second kappa shape index (κ2) is 7.86. The summed E-state index contributed by atoms with van der Waals surface area (Å²) in [5.74, 6) is 1.43. The Bertz CT molecular complexity index is 986. The van der Waals surface area contributed by atoms with Crippen molar-refractivity contribution in [2.45, 2.75) is 20.8 Å². The fourth-order valence-corrected chi connectivity index (χ4v) is 2.65. The van der Waals surface area contributed by atoms with Crippen molar-refractivity contribution < 1.29 is 9.53 Å². The third-order valence-electron chi connectivity index (χ3n) is 4.21. The Balaban J connectivity index is 1.84. The minimum absolute atomic E-state index is 0.285. The number of para-hydroxylation sites is 2. The first kappa shape index (κ1) is 18.4. The maximum absolute atomic E-state index is 12.6. The summed E-state index contributed by atoms with van der Waals surface area (Å²) in [5, 5.41) is 6.07. The summed E-state index contributed by atoms with van der Waals surface area (Å²) in [5.41, 5.74) is 4.08. The van der Waals surface area contributed by atoms with Crippen molar-refractivity contribution in [2.24, 2.45) is 0 Å². The summed E-state index contributed by atoms with van der Waals surface area (Å²) in [6, 6.07) is 14.9. The van der Waals surface area contributed by atoms with E-state index in [9.17, 15) is 4.79 Å². The number of rotatable bonds is 5. The fourth-order valence-electron chi connectivity index (χ4n) is 2.65. The minimum Gasteiger partial charge on any atom is -0.495 e. The summed E-state index contributed by atoms with van der Waals surface area (Å²) in [4.78, 5) is 21.3. The van der Waals surface area contributed by atoms with Crippen LogP contribution in [-0.4, -0.2) is 23.0 Å². The zero-order valence-electron chi connectivity index (χ0n) is 15.8. The molecule has 0 unspecified atom stereocenters. The number of nitrogens with one attached hydrogen (secondary N) is 2. The molecule has 0 fully saturated rings. The Hall–Kier alpha value is -3.41. The molecule has 0 radical (unpaired) electrons. The zero-order chi connectivity index (χ0) is 19.4. The van der Waals surface area contributed by atoms with Crippen molar-refractivity contribution in [3.63, 3.8) is 0 Å². The molecule has 2 aromatic carbocycles. The monoisotopic (exact) mass is 362 g/mol. The number of aromatic nitrogens is 2. The van der Waals surface area contributed by atoms with Crippen LogP contribution in [0.1, 0.15) is 27.4 Å². The number of hydrogen-bond donors (Lipinski definition) is 2. The van der Waals surface area contributed by atoms with E-state index < -0.39 is 0 Å². The van der Waals surface area contributed by atoms with Crippen LogP contribution in [0.15, 0.2) is 48.5 Å². The fraction of sp³-hybridized carbons (Fsp3) is 0.190. The molecule has 3 aromatic rings. The van der Waals surface area contributed by atoms with Gasteiger partial charge in [0.1, 0.15) is 23.1 Å². The molecule has 0 spiro atoms. The van der Waals surface area contributed by atoms with Crippen LogP contribution in [0, 0.1) is 20.8 Å². The molecule has 2 N–H and O–H groups in total. The second-order valence-corrected chi connectivity index (χ2v) is 6.26. The van der Waals surface area contributed by atoms with Gasteiger partial charge < -0.3 is 15.4 Å². The maximum atomic E-state index is 12.6. The molecule has 0 saturated heterocycles. The lowest BCUT2D eigenvalue weighted by atomic mass is 10.1. The third kappa shape index (κ3) is 4.41. The molecule has 0 aliphatic carbocycles. The molecule has 1 amide bonds. The molecular formula is C21H22N4O2. The highest BCUT2D eigenvalue weighted by Crippen LogP contribution is 2.26. The van der Waals surface area contributed by atoms with Crippen LogP contribution in [0.2, 0.25) is 0 Å². The van der Waals surface area contributed by atoms with Gasteiger partial charge in [0.2, 0.25) is 0 Å². The summed E-state index contributed by atoms with van der Waals surface area (Å²) >= 11 is 0. The predicted octanol–water partition coefficient (Wildman–Crippen LogP) is 4.41. The van der Waals surface area contributed by atoms with E-state index in [1.165, 1.54) is 5.56 Å². The lowest BCUT2D eigenvalue weighted by molar-refractivity contribution is 0.102. The highest BCUT2D eigenvalue weighted by molar-refractivity contribution is 6.03. The third-order valence-corrected chi connectivity index (χ3v) is 4.21. The number of carbonyl (C=O) groups is 1. The Morgan fingerprint density at radius 2 is 1.74 bits per heavy atom. The summed E-state index contributed by atoms with van der Waals surface area (Å²) in [6.45, 7) is 5.79. The molecule has 0 saturated carbocycles. The molecule has 0 aliphatic heterocycles. The van der Waals surface area contributed by atoms with Crippen LogP contribution in [0.4, 0.5) is 17.2 Å². The molecule has 1 heterocycles. The Morgan fingerprint density at radius 1 is 0.963 bits per heavy atom. The Kier molecular flexibility index (Phi) is 5.35. The summed E-state index contributed by atoms with van der Waals surface area (Å²) < 4.78 is 5.34. The number of carbonyl (C=O) groups excluding carboxylic acids is 1. The average Bonchev–Trinajstić information content (AvgIpc) is 2.64. The van der Waals surface area contributed by atoms with E-state index in [0.717, 1.165) is 16.9 Å². The highest BCUT2D eigenvalue weighted by atomic mass is 16.5. The van der Waals surface area contributed by atoms with E-state index >= 15 is 0 Å². The van der Waals surface area contributed by atoms with E-state index in [1.807, 2.05) is 56.3 Å². The smallest absolute Gasteiger partial charge is 0.274 e. The molecule has 1 aromatic heterocycles. The van der Waals surface area contributed by atoms with Gasteiger partial charge in [0.05, 0.1) is 12.8 Å². The summed E-state index contributed by atoms with van der Waals surface area (Å²) in [7, 11) is 1.61. The first-order chi connectivity index (χ1) is 13.0. The summed E-state index contributed by atoms with van der Waals surface area (Å²) in [6.07, 6.45) is 0. The van der Waals surface area contributed by atoms with Crippen LogP contribution in [0.5, 0.6) is 5.75 Å². The first-order valence-corrected chi connectivity index (χ1v) is 8.60. The molecule has 0 atom stereocenters. The normalized spacial score (nSPS) is 10.4. The Morgan fingerprint density at radius 3 is 2.48 bits per heavy atom. The number of benzene rings is 2. The van der Waals surface area contributed by atoms with Crippen molar-refractivity contribution in [1.29, 1.82) is 0 Å². The Labute approximate surface area is 158 Å². The van der Waals surface area contributed by atoms with Gasteiger partial charge in [0.15, 0.2) is 0 Å². The van der Waals surface area contributed by atoms with Gasteiger partial charge in [0.25, 0.3) is 5.91 Å². The van der Waals surface area contributed by atoms with E-state index in [-0.39, 0.29) is 11.6 Å². The molecule has 138 valence electrons. The maximum Gasteiger partial charge on any atom is 0.274 e. The largest absolute Gasteiger partial charge is 0.495 e. The van der Waals surface area contributed by atoms with Gasteiger partial charge in [-0.1, -0.05) is 18.2 Å². The van der Waals surface area contributed by atoms with Crippen LogP contribution in [0.25, 0.3) is 0 Å². The average molecular weight is 362 g/mol. The van der Waals surface area contributed by atoms with E-state index in [0.29, 0.717) is 17.4 Å². The van der Waals surface area contributed by atoms with Gasteiger partial charge in [-0.3, -0.25) is 4.79 Å². The number of aryl methyl sites for hydroxylation is 3. The first-order valence-electron chi connectivity index (χ1n) is 8.60. The van der Waals surface area contributed by atoms with Crippen LogP contribution in [0.3, 0.4) is 0 Å². The van der Waals surface area contributed by atoms with Gasteiger partial charge in [-0.25, -0.2) is 9.97 Å². The number of methoxy groups -OCH3 is 1. The lowest BCUT2D eigenvalue weighted by Crippen LogP contribution is -2.15. The van der Waals surface area contributed by atoms with E-state index in [1.54, 1.807) is 20.1 Å². The van der Waals surface area contributed by atoms with Gasteiger partial charge in [0, 0.05) is 11.8 Å². The van der Waals surface area contributed by atoms with Crippen molar-refractivity contribution in [3.05, 3.63) is 71.2 Å². The minimum atomic E-state index is -0.285. The van der Waals surface area contributed by atoms with Gasteiger partial charge >= 0.3 is 0 Å². The van der Waals surface area contributed by atoms with Crippen molar-refractivity contribution in [2.75, 3.05) is 17.7 Å².